The number of carbonyl (C=O) groups is 1. The average molecular weight is 169 g/mol. The fourth-order valence-electron chi connectivity index (χ4n) is 0.833. The van der Waals surface area contributed by atoms with Crippen molar-refractivity contribution in [1.82, 2.24) is 14.9 Å². The number of hydrogen-bond donors (Lipinski definition) is 2. The maximum atomic E-state index is 11.2. The van der Waals surface area contributed by atoms with E-state index in [4.69, 9.17) is 5.11 Å². The number of imidazole rings is 1. The first-order valence-electron chi connectivity index (χ1n) is 3.62. The molecule has 1 rings (SSSR count). The fraction of sp³-hybridized carbons (Fsp3) is 0.429. The first kappa shape index (κ1) is 8.73. The molecule has 1 amide bonds. The number of aliphatic hydroxyl groups is 1. The average Bonchev–Trinajstić information content (AvgIpc) is 2.47. The van der Waals surface area contributed by atoms with Gasteiger partial charge < -0.3 is 15.0 Å². The number of rotatable bonds is 3. The van der Waals surface area contributed by atoms with E-state index < -0.39 is 0 Å². The largest absolute Gasteiger partial charge is 0.395 e. The molecule has 66 valence electrons. The molecule has 0 saturated heterocycles. The Kier molecular flexibility index (Phi) is 2.82. The Morgan fingerprint density at radius 3 is 3.08 bits per heavy atom. The molecule has 0 saturated carbocycles. The summed E-state index contributed by atoms with van der Waals surface area (Å²) >= 11 is 0. The quantitative estimate of drug-likeness (QED) is 0.619. The molecule has 1 aromatic heterocycles. The van der Waals surface area contributed by atoms with E-state index in [1.807, 2.05) is 0 Å². The lowest BCUT2D eigenvalue weighted by molar-refractivity contribution is 0.0931. The van der Waals surface area contributed by atoms with Crippen LogP contribution < -0.4 is 5.32 Å². The highest BCUT2D eigenvalue weighted by Gasteiger charge is 2.08. The summed E-state index contributed by atoms with van der Waals surface area (Å²) < 4.78 is 1.62. The van der Waals surface area contributed by atoms with Gasteiger partial charge in [0.1, 0.15) is 0 Å². The first-order chi connectivity index (χ1) is 5.75. The smallest absolute Gasteiger partial charge is 0.287 e. The normalized spacial score (nSPS) is 9.83. The van der Waals surface area contributed by atoms with Crippen LogP contribution in [-0.4, -0.2) is 33.7 Å². The second kappa shape index (κ2) is 3.87. The molecular weight excluding hydrogens is 158 g/mol. The molecule has 0 aliphatic heterocycles. The van der Waals surface area contributed by atoms with Crippen LogP contribution in [0.3, 0.4) is 0 Å². The molecule has 5 nitrogen and oxygen atoms in total. The maximum absolute atomic E-state index is 11.2. The molecular formula is C7H11N3O2. The van der Waals surface area contributed by atoms with Crippen molar-refractivity contribution in [1.29, 1.82) is 0 Å². The van der Waals surface area contributed by atoms with Crippen molar-refractivity contribution < 1.29 is 9.90 Å². The number of aromatic nitrogens is 2. The highest BCUT2D eigenvalue weighted by Crippen LogP contribution is 1.92. The van der Waals surface area contributed by atoms with Gasteiger partial charge in [-0.3, -0.25) is 4.79 Å². The summed E-state index contributed by atoms with van der Waals surface area (Å²) in [6.07, 6.45) is 3.24. The Labute approximate surface area is 70.0 Å². The summed E-state index contributed by atoms with van der Waals surface area (Å²) in [5.41, 5.74) is 0. The molecule has 0 aromatic carbocycles. The minimum Gasteiger partial charge on any atom is -0.395 e. The molecule has 12 heavy (non-hydrogen) atoms. The third kappa shape index (κ3) is 1.82. The summed E-state index contributed by atoms with van der Waals surface area (Å²) in [6, 6.07) is 0. The van der Waals surface area contributed by atoms with E-state index in [-0.39, 0.29) is 19.1 Å². The van der Waals surface area contributed by atoms with Crippen LogP contribution in [0.1, 0.15) is 10.6 Å². The van der Waals surface area contributed by atoms with E-state index in [1.165, 1.54) is 0 Å². The Balaban J connectivity index is 2.59. The van der Waals surface area contributed by atoms with Crippen LogP contribution in [0.25, 0.3) is 0 Å². The molecule has 1 heterocycles. The Morgan fingerprint density at radius 1 is 1.83 bits per heavy atom. The van der Waals surface area contributed by atoms with Gasteiger partial charge in [-0.2, -0.15) is 0 Å². The molecule has 5 heteroatoms. The Bertz CT molecular complexity index is 269. The van der Waals surface area contributed by atoms with Crippen molar-refractivity contribution in [2.75, 3.05) is 13.2 Å². The zero-order valence-electron chi connectivity index (χ0n) is 6.82. The van der Waals surface area contributed by atoms with E-state index in [0.29, 0.717) is 5.82 Å². The second-order valence-corrected chi connectivity index (χ2v) is 2.34. The maximum Gasteiger partial charge on any atom is 0.287 e. The van der Waals surface area contributed by atoms with E-state index in [0.717, 1.165) is 0 Å². The van der Waals surface area contributed by atoms with E-state index in [2.05, 4.69) is 10.3 Å². The number of hydrogen-bond acceptors (Lipinski definition) is 3. The number of aryl methyl sites for hydroxylation is 1. The van der Waals surface area contributed by atoms with Crippen LogP contribution in [0.4, 0.5) is 0 Å². The lowest BCUT2D eigenvalue weighted by Crippen LogP contribution is -2.28. The van der Waals surface area contributed by atoms with Crippen molar-refractivity contribution in [2.45, 2.75) is 0 Å². The molecule has 0 unspecified atom stereocenters. The predicted molar refractivity (Wildman–Crippen MR) is 42.6 cm³/mol. The van der Waals surface area contributed by atoms with E-state index >= 15 is 0 Å². The minimum atomic E-state index is -0.267. The predicted octanol–water partition coefficient (Wildman–Crippen LogP) is -0.858. The molecule has 0 radical (unpaired) electrons. The van der Waals surface area contributed by atoms with Gasteiger partial charge in [0.15, 0.2) is 5.82 Å². The molecule has 0 aliphatic rings. The summed E-state index contributed by atoms with van der Waals surface area (Å²) in [7, 11) is 1.74. The van der Waals surface area contributed by atoms with Crippen LogP contribution in [0.15, 0.2) is 12.4 Å². The third-order valence-electron chi connectivity index (χ3n) is 1.42. The van der Waals surface area contributed by atoms with Gasteiger partial charge in [-0.05, 0) is 0 Å². The van der Waals surface area contributed by atoms with Crippen molar-refractivity contribution in [3.8, 4) is 0 Å². The lowest BCUT2D eigenvalue weighted by atomic mass is 10.5. The first-order valence-corrected chi connectivity index (χ1v) is 3.62. The standard InChI is InChI=1S/C7H11N3O2/c1-10-4-2-8-6(10)7(12)9-3-5-11/h2,4,11H,3,5H2,1H3,(H,9,12). The van der Waals surface area contributed by atoms with Crippen LogP contribution in [0.5, 0.6) is 0 Å². The molecule has 0 fully saturated rings. The number of nitrogens with zero attached hydrogens (tertiary/aromatic N) is 2. The SMILES string of the molecule is Cn1ccnc1C(=O)NCCO. The zero-order valence-corrected chi connectivity index (χ0v) is 6.82. The summed E-state index contributed by atoms with van der Waals surface area (Å²) in [4.78, 5) is 15.0. The van der Waals surface area contributed by atoms with Gasteiger partial charge in [0.2, 0.25) is 0 Å². The Morgan fingerprint density at radius 2 is 2.58 bits per heavy atom. The van der Waals surface area contributed by atoms with Gasteiger partial charge in [-0.15, -0.1) is 0 Å². The number of amides is 1. The van der Waals surface area contributed by atoms with Crippen LogP contribution in [0, 0.1) is 0 Å². The fourth-order valence-corrected chi connectivity index (χ4v) is 0.833. The van der Waals surface area contributed by atoms with Crippen LogP contribution >= 0.6 is 0 Å². The Hall–Kier alpha value is -1.36. The van der Waals surface area contributed by atoms with E-state index in [1.54, 1.807) is 24.0 Å². The number of nitrogens with one attached hydrogen (secondary N) is 1. The van der Waals surface area contributed by atoms with Gasteiger partial charge in [0.05, 0.1) is 6.61 Å². The molecule has 0 aliphatic carbocycles. The van der Waals surface area contributed by atoms with Crippen molar-refractivity contribution >= 4 is 5.91 Å². The van der Waals surface area contributed by atoms with Gasteiger partial charge in [-0.25, -0.2) is 4.98 Å². The van der Waals surface area contributed by atoms with Crippen molar-refractivity contribution in [2.24, 2.45) is 7.05 Å². The van der Waals surface area contributed by atoms with E-state index in [9.17, 15) is 4.79 Å². The molecule has 0 spiro atoms. The van der Waals surface area contributed by atoms with Crippen molar-refractivity contribution in [3.63, 3.8) is 0 Å². The summed E-state index contributed by atoms with van der Waals surface area (Å²) in [5, 5.41) is 10.9. The number of aliphatic hydroxyl groups excluding tert-OH is 1. The monoisotopic (exact) mass is 169 g/mol. The highest BCUT2D eigenvalue weighted by atomic mass is 16.3. The third-order valence-corrected chi connectivity index (χ3v) is 1.42. The molecule has 2 N–H and O–H groups in total. The van der Waals surface area contributed by atoms with Crippen LogP contribution in [-0.2, 0) is 7.05 Å². The van der Waals surface area contributed by atoms with Gasteiger partial charge >= 0.3 is 0 Å². The zero-order chi connectivity index (χ0) is 8.97. The lowest BCUT2D eigenvalue weighted by Gasteiger charge is -2.01. The molecule has 0 bridgehead atoms. The van der Waals surface area contributed by atoms with Gasteiger partial charge in [0.25, 0.3) is 5.91 Å². The summed E-state index contributed by atoms with van der Waals surface area (Å²) in [6.45, 7) is 0.196. The summed E-state index contributed by atoms with van der Waals surface area (Å²) in [5.74, 6) is 0.0833. The number of carbonyl (C=O) groups excluding carboxylic acids is 1. The molecule has 1 aromatic rings. The highest BCUT2D eigenvalue weighted by molar-refractivity contribution is 5.90. The topological polar surface area (TPSA) is 67.2 Å². The van der Waals surface area contributed by atoms with Crippen molar-refractivity contribution in [3.05, 3.63) is 18.2 Å². The molecule has 0 atom stereocenters. The van der Waals surface area contributed by atoms with Gasteiger partial charge in [0, 0.05) is 26.0 Å². The minimum absolute atomic E-state index is 0.0594. The van der Waals surface area contributed by atoms with Crippen LogP contribution in [0.2, 0.25) is 0 Å². The second-order valence-electron chi connectivity index (χ2n) is 2.34. The van der Waals surface area contributed by atoms with Gasteiger partial charge in [-0.1, -0.05) is 0 Å².